The molecule has 0 radical (unpaired) electrons. The Labute approximate surface area is 170 Å². The molecule has 1 amide bonds. The van der Waals surface area contributed by atoms with E-state index in [-0.39, 0.29) is 11.1 Å². The van der Waals surface area contributed by atoms with Crippen LogP contribution in [0.2, 0.25) is 0 Å². The first-order valence-electron chi connectivity index (χ1n) is 9.20. The van der Waals surface area contributed by atoms with Crippen molar-refractivity contribution in [3.8, 4) is 0 Å². The zero-order chi connectivity index (χ0) is 20.4. The molecule has 4 rings (SSSR count). The summed E-state index contributed by atoms with van der Waals surface area (Å²) in [6.45, 7) is 2.22. The maximum absolute atomic E-state index is 12.8. The summed E-state index contributed by atoms with van der Waals surface area (Å²) < 4.78 is 3.32. The Morgan fingerprint density at radius 2 is 2.00 bits per heavy atom. The van der Waals surface area contributed by atoms with Crippen molar-refractivity contribution < 1.29 is 4.79 Å². The minimum absolute atomic E-state index is 0.0284. The second kappa shape index (κ2) is 7.96. The van der Waals surface area contributed by atoms with Gasteiger partial charge in [-0.15, -0.1) is 21.5 Å². The zero-order valence-electron chi connectivity index (χ0n) is 16.1. The van der Waals surface area contributed by atoms with Gasteiger partial charge in [-0.25, -0.2) is 4.98 Å². The van der Waals surface area contributed by atoms with Crippen LogP contribution < -0.4 is 10.9 Å². The van der Waals surface area contributed by atoms with Gasteiger partial charge in [0.25, 0.3) is 11.5 Å². The number of amides is 1. The standard InChI is InChI=1S/C20H20N6O2S/c1-13-23-24-17(25(13)2)8-9-21-18(27)16-11-22-20-26(19(16)28)12-15(29-20)10-14-6-4-3-5-7-14/h3-7,11-12H,8-10H2,1-2H3,(H,21,27). The predicted molar refractivity (Wildman–Crippen MR) is 110 cm³/mol. The average Bonchev–Trinajstić information content (AvgIpc) is 3.27. The van der Waals surface area contributed by atoms with Crippen LogP contribution in [0.3, 0.4) is 0 Å². The summed E-state index contributed by atoms with van der Waals surface area (Å²) in [5.41, 5.74) is 0.822. The van der Waals surface area contributed by atoms with Crippen molar-refractivity contribution in [1.29, 1.82) is 0 Å². The highest BCUT2D eigenvalue weighted by Crippen LogP contribution is 2.18. The van der Waals surface area contributed by atoms with Crippen LogP contribution in [0.1, 0.15) is 32.4 Å². The number of hydrogen-bond acceptors (Lipinski definition) is 6. The molecule has 0 fully saturated rings. The minimum atomic E-state index is -0.438. The zero-order valence-corrected chi connectivity index (χ0v) is 16.9. The van der Waals surface area contributed by atoms with Gasteiger partial charge in [0, 0.05) is 43.7 Å². The fourth-order valence-electron chi connectivity index (χ4n) is 3.02. The van der Waals surface area contributed by atoms with Gasteiger partial charge in [-0.2, -0.15) is 0 Å². The van der Waals surface area contributed by atoms with Crippen molar-refractivity contribution in [2.45, 2.75) is 19.8 Å². The summed E-state index contributed by atoms with van der Waals surface area (Å²) in [5.74, 6) is 1.14. The molecule has 0 aliphatic heterocycles. The van der Waals surface area contributed by atoms with E-state index >= 15 is 0 Å². The molecule has 0 saturated heterocycles. The number of benzene rings is 1. The van der Waals surface area contributed by atoms with Gasteiger partial charge in [0.2, 0.25) is 0 Å². The monoisotopic (exact) mass is 408 g/mol. The first-order chi connectivity index (χ1) is 14.0. The average molecular weight is 408 g/mol. The number of aryl methyl sites for hydroxylation is 1. The molecule has 3 heterocycles. The Balaban J connectivity index is 1.48. The lowest BCUT2D eigenvalue weighted by atomic mass is 10.1. The van der Waals surface area contributed by atoms with E-state index in [2.05, 4.69) is 20.5 Å². The van der Waals surface area contributed by atoms with Crippen LogP contribution in [0.5, 0.6) is 0 Å². The first kappa shape index (κ1) is 19.0. The summed E-state index contributed by atoms with van der Waals surface area (Å²) in [4.78, 5) is 31.1. The van der Waals surface area contributed by atoms with Crippen LogP contribution in [0.4, 0.5) is 0 Å². The van der Waals surface area contributed by atoms with E-state index < -0.39 is 5.91 Å². The summed E-state index contributed by atoms with van der Waals surface area (Å²) in [7, 11) is 1.88. The normalized spacial score (nSPS) is 11.1. The third-order valence-electron chi connectivity index (χ3n) is 4.74. The number of aromatic nitrogens is 5. The SMILES string of the molecule is Cc1nnc(CCNC(=O)c2cnc3sc(Cc4ccccc4)cn3c2=O)n1C. The molecule has 0 aliphatic carbocycles. The highest BCUT2D eigenvalue weighted by atomic mass is 32.1. The molecule has 0 spiro atoms. The van der Waals surface area contributed by atoms with Gasteiger partial charge in [-0.05, 0) is 12.5 Å². The van der Waals surface area contributed by atoms with E-state index in [1.54, 1.807) is 6.20 Å². The lowest BCUT2D eigenvalue weighted by Crippen LogP contribution is -2.32. The van der Waals surface area contributed by atoms with Gasteiger partial charge < -0.3 is 9.88 Å². The lowest BCUT2D eigenvalue weighted by molar-refractivity contribution is 0.0952. The topological polar surface area (TPSA) is 94.2 Å². The van der Waals surface area contributed by atoms with E-state index in [0.29, 0.717) is 24.3 Å². The van der Waals surface area contributed by atoms with Crippen LogP contribution in [0.15, 0.2) is 47.5 Å². The largest absolute Gasteiger partial charge is 0.351 e. The molecule has 8 nitrogen and oxygen atoms in total. The van der Waals surface area contributed by atoms with E-state index in [0.717, 1.165) is 22.1 Å². The third kappa shape index (κ3) is 3.95. The molecule has 9 heteroatoms. The van der Waals surface area contributed by atoms with Crippen LogP contribution in [0.25, 0.3) is 4.96 Å². The van der Waals surface area contributed by atoms with Crippen molar-refractivity contribution in [2.24, 2.45) is 7.05 Å². The molecule has 0 aliphatic rings. The van der Waals surface area contributed by atoms with Gasteiger partial charge in [0.05, 0.1) is 0 Å². The summed E-state index contributed by atoms with van der Waals surface area (Å²) in [6, 6.07) is 10.0. The van der Waals surface area contributed by atoms with Gasteiger partial charge in [-0.1, -0.05) is 30.3 Å². The molecule has 148 valence electrons. The lowest BCUT2D eigenvalue weighted by Gasteiger charge is -2.05. The first-order valence-corrected chi connectivity index (χ1v) is 10.0. The van der Waals surface area contributed by atoms with E-state index in [1.807, 2.05) is 48.9 Å². The van der Waals surface area contributed by atoms with Crippen LogP contribution in [-0.4, -0.2) is 36.6 Å². The van der Waals surface area contributed by atoms with E-state index in [1.165, 1.54) is 21.9 Å². The molecule has 1 N–H and O–H groups in total. The number of nitrogens with zero attached hydrogens (tertiary/aromatic N) is 5. The van der Waals surface area contributed by atoms with Gasteiger partial charge in [-0.3, -0.25) is 14.0 Å². The maximum atomic E-state index is 12.8. The molecular formula is C20H20N6O2S. The number of thiazole rings is 1. The summed E-state index contributed by atoms with van der Waals surface area (Å²) >= 11 is 1.45. The predicted octanol–water partition coefficient (Wildman–Crippen LogP) is 1.76. The Bertz CT molecular complexity index is 1220. The van der Waals surface area contributed by atoms with Crippen molar-refractivity contribution in [1.82, 2.24) is 29.5 Å². The Morgan fingerprint density at radius 1 is 1.21 bits per heavy atom. The molecule has 3 aromatic heterocycles. The fraction of sp³-hybridized carbons (Fsp3) is 0.250. The highest BCUT2D eigenvalue weighted by molar-refractivity contribution is 7.17. The quantitative estimate of drug-likeness (QED) is 0.525. The van der Waals surface area contributed by atoms with Crippen LogP contribution in [0, 0.1) is 6.92 Å². The van der Waals surface area contributed by atoms with Gasteiger partial charge in [0.1, 0.15) is 17.2 Å². The second-order valence-corrected chi connectivity index (χ2v) is 7.81. The van der Waals surface area contributed by atoms with Crippen LogP contribution >= 0.6 is 11.3 Å². The molecule has 0 saturated carbocycles. The second-order valence-electron chi connectivity index (χ2n) is 6.72. The molecule has 0 atom stereocenters. The number of hydrogen-bond donors (Lipinski definition) is 1. The number of fused-ring (bicyclic) bond motifs is 1. The molecule has 29 heavy (non-hydrogen) atoms. The molecule has 1 aromatic carbocycles. The van der Waals surface area contributed by atoms with Crippen molar-refractivity contribution in [3.63, 3.8) is 0 Å². The Kier molecular flexibility index (Phi) is 5.22. The number of carbonyl (C=O) groups is 1. The number of rotatable bonds is 6. The Hall–Kier alpha value is -3.33. The maximum Gasteiger partial charge on any atom is 0.271 e. The third-order valence-corrected chi connectivity index (χ3v) is 5.73. The van der Waals surface area contributed by atoms with Crippen molar-refractivity contribution in [2.75, 3.05) is 6.54 Å². The molecule has 4 aromatic rings. The molecular weight excluding hydrogens is 388 g/mol. The number of carbonyl (C=O) groups excluding carboxylic acids is 1. The van der Waals surface area contributed by atoms with Gasteiger partial charge in [0.15, 0.2) is 4.96 Å². The number of nitrogens with one attached hydrogen (secondary N) is 1. The van der Waals surface area contributed by atoms with Crippen molar-refractivity contribution >= 4 is 22.2 Å². The van der Waals surface area contributed by atoms with E-state index in [4.69, 9.17) is 0 Å². The summed E-state index contributed by atoms with van der Waals surface area (Å²) in [6.07, 6.45) is 4.36. The van der Waals surface area contributed by atoms with Crippen LogP contribution in [-0.2, 0) is 19.9 Å². The van der Waals surface area contributed by atoms with E-state index in [9.17, 15) is 9.59 Å². The summed E-state index contributed by atoms with van der Waals surface area (Å²) in [5, 5.41) is 10.8. The molecule has 0 bridgehead atoms. The molecule has 0 unspecified atom stereocenters. The van der Waals surface area contributed by atoms with Crippen molar-refractivity contribution in [3.05, 3.63) is 80.7 Å². The Morgan fingerprint density at radius 3 is 2.72 bits per heavy atom. The fourth-order valence-corrected chi connectivity index (χ4v) is 3.99. The van der Waals surface area contributed by atoms with Gasteiger partial charge >= 0.3 is 0 Å². The highest BCUT2D eigenvalue weighted by Gasteiger charge is 2.15. The smallest absolute Gasteiger partial charge is 0.271 e. The minimum Gasteiger partial charge on any atom is -0.351 e.